The lowest BCUT2D eigenvalue weighted by Crippen LogP contribution is -2.43. The molecule has 6 atom stereocenters. The van der Waals surface area contributed by atoms with Gasteiger partial charge in [0, 0.05) is 61.4 Å². The Kier molecular flexibility index (Phi) is 10.3. The number of piperidine rings is 1. The summed E-state index contributed by atoms with van der Waals surface area (Å²) in [6.07, 6.45) is 9.07. The predicted octanol–water partition coefficient (Wildman–Crippen LogP) is 8.57. The van der Waals surface area contributed by atoms with Crippen molar-refractivity contribution in [3.05, 3.63) is 34.9 Å². The molecule has 0 spiro atoms. The first-order chi connectivity index (χ1) is 27.2. The molecule has 15 heteroatoms. The van der Waals surface area contributed by atoms with Gasteiger partial charge in [-0.3, -0.25) is 9.88 Å². The van der Waals surface area contributed by atoms with E-state index in [0.29, 0.717) is 67.5 Å². The SMILES string of the molecule is CC(C)(C)[Si](C)(C)OC[C@H]1C[C@H]1c1c(Cl)cc2c(cnn2C2CCCCO2)c1-c1ncc2c(N3CCCC(O)C3)nc(OC[C@@]34CCCN3C[C@H](F)C4)nc2c1F. The second-order valence-electron chi connectivity index (χ2n) is 18.8. The molecule has 1 aromatic carbocycles. The highest BCUT2D eigenvalue weighted by atomic mass is 35.5. The highest BCUT2D eigenvalue weighted by Gasteiger charge is 2.50. The van der Waals surface area contributed by atoms with Gasteiger partial charge in [0.1, 0.15) is 29.8 Å². The van der Waals surface area contributed by atoms with Crippen LogP contribution in [0.2, 0.25) is 23.2 Å². The molecular formula is C42H56ClF2N7O4Si. The fourth-order valence-corrected chi connectivity index (χ4v) is 10.9. The van der Waals surface area contributed by atoms with Crippen molar-refractivity contribution in [3.8, 4) is 17.3 Å². The minimum absolute atomic E-state index is 0.0286. The molecular weight excluding hydrogens is 768 g/mol. The molecule has 1 N–H and O–H groups in total. The summed E-state index contributed by atoms with van der Waals surface area (Å²) in [5.74, 6) is 0.125. The summed E-state index contributed by atoms with van der Waals surface area (Å²) in [4.78, 5) is 18.6. The number of nitrogens with zero attached hydrogens (tertiary/aromatic N) is 7. The number of fused-ring (bicyclic) bond motifs is 3. The normalized spacial score (nSPS) is 28.4. The van der Waals surface area contributed by atoms with Crippen molar-refractivity contribution in [2.75, 3.05) is 50.9 Å². The fraction of sp³-hybridized carbons (Fsp3) is 0.667. The minimum Gasteiger partial charge on any atom is -0.461 e. The second kappa shape index (κ2) is 14.9. The maximum Gasteiger partial charge on any atom is 0.319 e. The Hall–Kier alpha value is -3.01. The quantitative estimate of drug-likeness (QED) is 0.156. The van der Waals surface area contributed by atoms with Gasteiger partial charge in [-0.1, -0.05) is 32.4 Å². The van der Waals surface area contributed by atoms with Gasteiger partial charge in [-0.2, -0.15) is 15.1 Å². The zero-order chi connectivity index (χ0) is 39.9. The van der Waals surface area contributed by atoms with Crippen LogP contribution < -0.4 is 9.64 Å². The standard InChI is InChI=1S/C42H56ClF2N7O4Si/c1-41(2,3)57(4,5)56-23-25-16-28(25)34-31(43)17-32-29(20-47-52(32)33-11-6-7-15-54-33)35(34)38-36(45)37-30(19-46-38)39(50-13-8-10-27(53)22-50)49-40(48-37)55-24-42-12-9-14-51(42)21-26(44)18-42/h17,19-20,25-28,33,53H,6-16,18,21-24H2,1-5H3/t25-,26-,27?,28-,33?,42+/m1/s1. The van der Waals surface area contributed by atoms with Crippen LogP contribution in [0.5, 0.6) is 6.01 Å². The number of benzene rings is 1. The highest BCUT2D eigenvalue weighted by molar-refractivity contribution is 6.74. The smallest absolute Gasteiger partial charge is 0.319 e. The van der Waals surface area contributed by atoms with Crippen LogP contribution in [0.4, 0.5) is 14.6 Å². The van der Waals surface area contributed by atoms with Gasteiger partial charge < -0.3 is 23.9 Å². The van der Waals surface area contributed by atoms with Crippen molar-refractivity contribution < 1.29 is 27.8 Å². The van der Waals surface area contributed by atoms with Gasteiger partial charge in [-0.15, -0.1) is 0 Å². The lowest BCUT2D eigenvalue weighted by Gasteiger charge is -2.36. The summed E-state index contributed by atoms with van der Waals surface area (Å²) in [5, 5.41) is 17.3. The van der Waals surface area contributed by atoms with E-state index in [0.717, 1.165) is 68.0 Å². The van der Waals surface area contributed by atoms with Crippen LogP contribution in [-0.4, -0.2) is 107 Å². The van der Waals surface area contributed by atoms with Crippen molar-refractivity contribution >= 4 is 47.5 Å². The van der Waals surface area contributed by atoms with Gasteiger partial charge in [0.05, 0.1) is 28.7 Å². The van der Waals surface area contributed by atoms with Crippen molar-refractivity contribution in [2.24, 2.45) is 5.92 Å². The molecule has 9 rings (SSSR count). The topological polar surface area (TPSA) is 111 Å². The average molecular weight is 824 g/mol. The molecule has 0 amide bonds. The third kappa shape index (κ3) is 7.23. The fourth-order valence-electron chi connectivity index (χ4n) is 9.55. The Morgan fingerprint density at radius 2 is 1.91 bits per heavy atom. The second-order valence-corrected chi connectivity index (χ2v) is 24.0. The number of aliphatic hydroxyl groups is 1. The molecule has 4 aromatic rings. The number of hydrogen-bond acceptors (Lipinski definition) is 10. The summed E-state index contributed by atoms with van der Waals surface area (Å²) in [7, 11) is -2.00. The number of pyridine rings is 1. The summed E-state index contributed by atoms with van der Waals surface area (Å²) in [6.45, 7) is 14.9. The zero-order valence-corrected chi connectivity index (χ0v) is 35.6. The first-order valence-corrected chi connectivity index (χ1v) is 24.3. The maximum atomic E-state index is 17.7. The molecule has 0 bridgehead atoms. The molecule has 2 unspecified atom stereocenters. The number of β-amino-alcohol motifs (C(OH)–C–C–N with tert-alkyl or cyclic N) is 1. The summed E-state index contributed by atoms with van der Waals surface area (Å²) >= 11 is 7.31. The number of rotatable bonds is 10. The molecule has 7 heterocycles. The number of anilines is 1. The van der Waals surface area contributed by atoms with E-state index in [4.69, 9.17) is 45.6 Å². The first kappa shape index (κ1) is 39.4. The molecule has 5 aliphatic rings. The van der Waals surface area contributed by atoms with E-state index in [-0.39, 0.29) is 46.9 Å². The van der Waals surface area contributed by atoms with E-state index in [1.807, 2.05) is 15.6 Å². The van der Waals surface area contributed by atoms with E-state index >= 15 is 4.39 Å². The molecule has 5 fully saturated rings. The van der Waals surface area contributed by atoms with Crippen LogP contribution >= 0.6 is 11.6 Å². The maximum absolute atomic E-state index is 17.7. The van der Waals surface area contributed by atoms with Crippen molar-refractivity contribution in [1.29, 1.82) is 0 Å². The van der Waals surface area contributed by atoms with E-state index in [1.165, 1.54) is 0 Å². The number of ether oxygens (including phenoxy) is 2. The monoisotopic (exact) mass is 823 g/mol. The Balaban J connectivity index is 1.16. The van der Waals surface area contributed by atoms with Gasteiger partial charge in [0.25, 0.3) is 0 Å². The van der Waals surface area contributed by atoms with Crippen LogP contribution in [0, 0.1) is 11.7 Å². The van der Waals surface area contributed by atoms with Crippen LogP contribution in [0.3, 0.4) is 0 Å². The van der Waals surface area contributed by atoms with E-state index < -0.39 is 31.9 Å². The zero-order valence-electron chi connectivity index (χ0n) is 33.9. The molecule has 4 aliphatic heterocycles. The van der Waals surface area contributed by atoms with Crippen molar-refractivity contribution in [3.63, 3.8) is 0 Å². The highest BCUT2D eigenvalue weighted by Crippen LogP contribution is 2.55. The molecule has 57 heavy (non-hydrogen) atoms. The number of alkyl halides is 1. The van der Waals surface area contributed by atoms with E-state index in [1.54, 1.807) is 12.4 Å². The van der Waals surface area contributed by atoms with Crippen molar-refractivity contribution in [1.82, 2.24) is 29.6 Å². The van der Waals surface area contributed by atoms with Gasteiger partial charge in [-0.05, 0) is 99.5 Å². The minimum atomic E-state index is -2.00. The molecule has 4 saturated heterocycles. The molecule has 0 radical (unpaired) electrons. The number of aromatic nitrogens is 5. The van der Waals surface area contributed by atoms with E-state index in [9.17, 15) is 9.50 Å². The largest absolute Gasteiger partial charge is 0.461 e. The van der Waals surface area contributed by atoms with Crippen molar-refractivity contribution in [2.45, 2.75) is 127 Å². The first-order valence-electron chi connectivity index (χ1n) is 21.0. The van der Waals surface area contributed by atoms with E-state index in [2.05, 4.69) is 38.8 Å². The van der Waals surface area contributed by atoms with Crippen LogP contribution in [0.15, 0.2) is 18.5 Å². The number of aliphatic hydroxyl groups excluding tert-OH is 1. The summed E-state index contributed by atoms with van der Waals surface area (Å²) in [5.41, 5.74) is 1.99. The lowest BCUT2D eigenvalue weighted by molar-refractivity contribution is -0.0366. The Bertz CT molecular complexity index is 2160. The molecule has 1 aliphatic carbocycles. The van der Waals surface area contributed by atoms with Gasteiger partial charge in [0.15, 0.2) is 20.4 Å². The number of hydrogen-bond donors (Lipinski definition) is 1. The Labute approximate surface area is 339 Å². The van der Waals surface area contributed by atoms with Crippen LogP contribution in [0.25, 0.3) is 33.1 Å². The van der Waals surface area contributed by atoms with Gasteiger partial charge in [-0.25, -0.2) is 13.5 Å². The molecule has 308 valence electrons. The average Bonchev–Trinajstić information content (AvgIpc) is 3.46. The summed E-state index contributed by atoms with van der Waals surface area (Å²) in [6, 6.07) is 1.98. The molecule has 11 nitrogen and oxygen atoms in total. The molecule has 3 aromatic heterocycles. The summed E-state index contributed by atoms with van der Waals surface area (Å²) < 4.78 is 53.5. The Morgan fingerprint density at radius 1 is 1.07 bits per heavy atom. The van der Waals surface area contributed by atoms with Crippen LogP contribution in [0.1, 0.15) is 96.3 Å². The number of halogens is 3. The molecule has 1 saturated carbocycles. The third-order valence-corrected chi connectivity index (χ3v) is 18.7. The van der Waals surface area contributed by atoms with Gasteiger partial charge >= 0.3 is 6.01 Å². The lowest BCUT2D eigenvalue weighted by atomic mass is 9.94. The Morgan fingerprint density at radius 3 is 2.68 bits per heavy atom. The third-order valence-electron chi connectivity index (χ3n) is 13.9. The van der Waals surface area contributed by atoms with Gasteiger partial charge in [0.2, 0.25) is 0 Å². The van der Waals surface area contributed by atoms with Crippen LogP contribution in [-0.2, 0) is 9.16 Å². The predicted molar refractivity (Wildman–Crippen MR) is 220 cm³/mol.